The summed E-state index contributed by atoms with van der Waals surface area (Å²) < 4.78 is 1.76. The summed E-state index contributed by atoms with van der Waals surface area (Å²) in [5.74, 6) is 0.645. The fraction of sp³-hybridized carbons (Fsp3) is 0.389. The molecule has 1 aliphatic rings. The van der Waals surface area contributed by atoms with Crippen LogP contribution in [0.4, 0.5) is 11.4 Å². The van der Waals surface area contributed by atoms with E-state index in [0.717, 1.165) is 36.7 Å². The first kappa shape index (κ1) is 14.9. The van der Waals surface area contributed by atoms with Crippen molar-refractivity contribution in [2.24, 2.45) is 5.92 Å². The molecule has 3 aromatic rings. The number of nitrogens with zero attached hydrogens (tertiary/aromatic N) is 6. The van der Waals surface area contributed by atoms with Gasteiger partial charge in [-0.05, 0) is 37.5 Å². The lowest BCUT2D eigenvalue weighted by atomic mass is 10.1. The van der Waals surface area contributed by atoms with Crippen molar-refractivity contribution < 1.29 is 0 Å². The molecule has 124 valence electrons. The maximum atomic E-state index is 4.42. The summed E-state index contributed by atoms with van der Waals surface area (Å²) in [4.78, 5) is 4.76. The van der Waals surface area contributed by atoms with E-state index in [9.17, 15) is 0 Å². The Hall–Kier alpha value is -2.63. The van der Waals surface area contributed by atoms with Crippen LogP contribution in [0, 0.1) is 12.8 Å². The van der Waals surface area contributed by atoms with Crippen LogP contribution in [0.3, 0.4) is 0 Å². The third-order valence-electron chi connectivity index (χ3n) is 4.72. The molecule has 6 heteroatoms. The lowest BCUT2D eigenvalue weighted by Crippen LogP contribution is -2.28. The first-order valence-electron chi connectivity index (χ1n) is 8.39. The number of para-hydroxylation sites is 1. The zero-order valence-electron chi connectivity index (χ0n) is 14.1. The summed E-state index contributed by atoms with van der Waals surface area (Å²) in [6.07, 6.45) is 2.87. The number of benzene rings is 1. The van der Waals surface area contributed by atoms with Gasteiger partial charge in [0.15, 0.2) is 0 Å². The second-order valence-electron chi connectivity index (χ2n) is 6.59. The molecular weight excluding hydrogens is 300 g/mol. The monoisotopic (exact) mass is 322 g/mol. The van der Waals surface area contributed by atoms with E-state index in [1.807, 2.05) is 6.92 Å². The van der Waals surface area contributed by atoms with E-state index in [1.54, 1.807) is 10.8 Å². The van der Waals surface area contributed by atoms with Gasteiger partial charge >= 0.3 is 0 Å². The van der Waals surface area contributed by atoms with Gasteiger partial charge in [-0.15, -0.1) is 10.2 Å². The van der Waals surface area contributed by atoms with Crippen molar-refractivity contribution in [1.82, 2.24) is 19.8 Å². The molecule has 0 aliphatic carbocycles. The van der Waals surface area contributed by atoms with Crippen molar-refractivity contribution >= 4 is 17.0 Å². The molecule has 1 fully saturated rings. The molecule has 0 N–H and O–H groups in total. The summed E-state index contributed by atoms with van der Waals surface area (Å²) in [7, 11) is 2.13. The third kappa shape index (κ3) is 2.79. The predicted octanol–water partition coefficient (Wildman–Crippen LogP) is 2.40. The number of aryl methyl sites for hydroxylation is 1. The highest BCUT2D eigenvalue weighted by molar-refractivity contribution is 5.67. The molecule has 0 spiro atoms. The fourth-order valence-electron chi connectivity index (χ4n) is 3.55. The van der Waals surface area contributed by atoms with Gasteiger partial charge < -0.3 is 9.80 Å². The number of hydrogen-bond acceptors (Lipinski definition) is 5. The van der Waals surface area contributed by atoms with Gasteiger partial charge in [0.05, 0.1) is 11.4 Å². The van der Waals surface area contributed by atoms with Crippen LogP contribution in [0.5, 0.6) is 0 Å². The number of aromatic nitrogens is 4. The van der Waals surface area contributed by atoms with E-state index < -0.39 is 0 Å². The maximum absolute atomic E-state index is 4.42. The highest BCUT2D eigenvalue weighted by Gasteiger charge is 2.24. The van der Waals surface area contributed by atoms with Crippen molar-refractivity contribution in [1.29, 1.82) is 0 Å². The highest BCUT2D eigenvalue weighted by Crippen LogP contribution is 2.26. The van der Waals surface area contributed by atoms with Gasteiger partial charge in [-0.3, -0.25) is 0 Å². The summed E-state index contributed by atoms with van der Waals surface area (Å²) in [6, 6.07) is 12.8. The van der Waals surface area contributed by atoms with E-state index in [0.29, 0.717) is 5.92 Å². The molecule has 2 aromatic heterocycles. The Labute approximate surface area is 141 Å². The molecule has 0 amide bonds. The van der Waals surface area contributed by atoms with Gasteiger partial charge in [0, 0.05) is 32.4 Å². The van der Waals surface area contributed by atoms with Gasteiger partial charge in [-0.1, -0.05) is 18.2 Å². The van der Waals surface area contributed by atoms with Crippen LogP contribution in [-0.4, -0.2) is 46.5 Å². The van der Waals surface area contributed by atoms with Gasteiger partial charge in [-0.2, -0.15) is 9.61 Å². The van der Waals surface area contributed by atoms with Crippen molar-refractivity contribution in [2.45, 2.75) is 13.3 Å². The Kier molecular flexibility index (Phi) is 3.80. The molecule has 1 unspecified atom stereocenters. The normalized spacial score (nSPS) is 17.6. The molecule has 1 aromatic carbocycles. The van der Waals surface area contributed by atoms with Crippen molar-refractivity contribution in [3.63, 3.8) is 0 Å². The Morgan fingerprint density at radius 1 is 1.25 bits per heavy atom. The molecule has 3 heterocycles. The van der Waals surface area contributed by atoms with Gasteiger partial charge in [-0.25, -0.2) is 0 Å². The molecule has 0 bridgehead atoms. The first-order chi connectivity index (χ1) is 11.7. The van der Waals surface area contributed by atoms with Gasteiger partial charge in [0.1, 0.15) is 6.33 Å². The van der Waals surface area contributed by atoms with E-state index in [2.05, 4.69) is 68.5 Å². The summed E-state index contributed by atoms with van der Waals surface area (Å²) >= 11 is 0. The Bertz CT molecular complexity index is 828. The minimum Gasteiger partial charge on any atom is -0.371 e. The minimum absolute atomic E-state index is 0.645. The first-order valence-corrected chi connectivity index (χ1v) is 8.39. The zero-order chi connectivity index (χ0) is 16.5. The average molecular weight is 322 g/mol. The fourth-order valence-corrected chi connectivity index (χ4v) is 3.55. The van der Waals surface area contributed by atoms with Crippen LogP contribution < -0.4 is 9.80 Å². The predicted molar refractivity (Wildman–Crippen MR) is 95.6 cm³/mol. The molecule has 0 saturated carbocycles. The topological polar surface area (TPSA) is 49.6 Å². The molecule has 1 saturated heterocycles. The highest BCUT2D eigenvalue weighted by atomic mass is 15.4. The van der Waals surface area contributed by atoms with Crippen LogP contribution in [0.2, 0.25) is 0 Å². The Balaban J connectivity index is 1.48. The van der Waals surface area contributed by atoms with E-state index in [-0.39, 0.29) is 0 Å². The van der Waals surface area contributed by atoms with Crippen LogP contribution >= 0.6 is 0 Å². The van der Waals surface area contributed by atoms with Gasteiger partial charge in [0.25, 0.3) is 0 Å². The molecule has 1 atom stereocenters. The number of anilines is 2. The van der Waals surface area contributed by atoms with Crippen LogP contribution in [0.25, 0.3) is 5.65 Å². The van der Waals surface area contributed by atoms with Crippen molar-refractivity contribution in [3.8, 4) is 0 Å². The second-order valence-corrected chi connectivity index (χ2v) is 6.59. The average Bonchev–Trinajstić information content (AvgIpc) is 3.24. The molecule has 0 radical (unpaired) electrons. The van der Waals surface area contributed by atoms with Crippen molar-refractivity contribution in [3.05, 3.63) is 48.4 Å². The van der Waals surface area contributed by atoms with Crippen LogP contribution in [-0.2, 0) is 0 Å². The number of hydrogen-bond donors (Lipinski definition) is 0. The quantitative estimate of drug-likeness (QED) is 0.738. The minimum atomic E-state index is 0.645. The van der Waals surface area contributed by atoms with Crippen LogP contribution in [0.1, 0.15) is 12.1 Å². The van der Waals surface area contributed by atoms with E-state index in [4.69, 9.17) is 0 Å². The summed E-state index contributed by atoms with van der Waals surface area (Å²) in [5, 5.41) is 12.6. The zero-order valence-corrected chi connectivity index (χ0v) is 14.1. The maximum Gasteiger partial charge on any atom is 0.200 e. The van der Waals surface area contributed by atoms with Crippen LogP contribution in [0.15, 0.2) is 42.7 Å². The lowest BCUT2D eigenvalue weighted by Gasteiger charge is -2.24. The SMILES string of the molecule is Cc1cc(N(C)CC2CCN(c3ccccc3)C2)c2nncn2n1. The number of fused-ring (bicyclic) bond motifs is 1. The molecule has 6 nitrogen and oxygen atoms in total. The smallest absolute Gasteiger partial charge is 0.200 e. The molecule has 24 heavy (non-hydrogen) atoms. The largest absolute Gasteiger partial charge is 0.371 e. The second kappa shape index (κ2) is 6.11. The van der Waals surface area contributed by atoms with Crippen molar-refractivity contribution in [2.75, 3.05) is 36.5 Å². The molecular formula is C18H22N6. The summed E-state index contributed by atoms with van der Waals surface area (Å²) in [5.41, 5.74) is 4.21. The molecule has 1 aliphatic heterocycles. The lowest BCUT2D eigenvalue weighted by molar-refractivity contribution is 0.584. The standard InChI is InChI=1S/C18H22N6/c1-14-10-17(18-20-19-13-24(18)21-14)22(2)11-15-8-9-23(12-15)16-6-4-3-5-7-16/h3-7,10,13,15H,8-9,11-12H2,1-2H3. The third-order valence-corrected chi connectivity index (χ3v) is 4.72. The molecule has 4 rings (SSSR count). The van der Waals surface area contributed by atoms with Gasteiger partial charge in [0.2, 0.25) is 5.65 Å². The number of rotatable bonds is 4. The van der Waals surface area contributed by atoms with E-state index >= 15 is 0 Å². The summed E-state index contributed by atoms with van der Waals surface area (Å²) in [6.45, 7) is 5.23. The van der Waals surface area contributed by atoms with E-state index in [1.165, 1.54) is 12.1 Å². The Morgan fingerprint density at radius 2 is 2.08 bits per heavy atom. The Morgan fingerprint density at radius 3 is 2.92 bits per heavy atom.